The quantitative estimate of drug-likeness (QED) is 0.234. The number of hydrogen-bond donors (Lipinski definition) is 3. The van der Waals surface area contributed by atoms with Crippen LogP contribution in [0.15, 0.2) is 72.0 Å². The van der Waals surface area contributed by atoms with Crippen molar-refractivity contribution in [3.8, 4) is 5.75 Å². The van der Waals surface area contributed by atoms with Crippen molar-refractivity contribution < 1.29 is 44.5 Å². The number of carbonyl (C=O) groups is 4. The summed E-state index contributed by atoms with van der Waals surface area (Å²) in [5, 5.41) is 6.30. The van der Waals surface area contributed by atoms with Gasteiger partial charge in [0.05, 0.1) is 20.4 Å². The zero-order valence-corrected chi connectivity index (χ0v) is 25.3. The molecule has 0 aliphatic heterocycles. The average molecular weight is 632 g/mol. The molecule has 0 aliphatic carbocycles. The molecule has 0 saturated carbocycles. The van der Waals surface area contributed by atoms with Gasteiger partial charge in [-0.25, -0.2) is 22.2 Å². The zero-order chi connectivity index (χ0) is 34.1. The Morgan fingerprint density at radius 2 is 1.70 bits per heavy atom. The normalized spacial score (nSPS) is 13.0. The van der Waals surface area contributed by atoms with Crippen LogP contribution in [0.25, 0.3) is 0 Å². The van der Waals surface area contributed by atoms with E-state index in [0.717, 1.165) is 16.5 Å². The molecule has 3 rings (SSSR count). The Bertz CT molecular complexity index is 1640. The van der Waals surface area contributed by atoms with Crippen molar-refractivity contribution in [2.45, 2.75) is 50.3 Å². The summed E-state index contributed by atoms with van der Waals surface area (Å²) in [5.74, 6) is -2.71. The Balaban J connectivity index is 1.76. The van der Waals surface area contributed by atoms with E-state index < -0.39 is 65.0 Å². The molecule has 14 nitrogen and oxygen atoms in total. The lowest BCUT2D eigenvalue weighted by molar-refractivity contribution is -0.145. The number of rotatable bonds is 13. The van der Waals surface area contributed by atoms with Gasteiger partial charge < -0.3 is 30.2 Å². The lowest BCUT2D eigenvalue weighted by Crippen LogP contribution is -2.51. The molecule has 0 bridgehead atoms. The number of nitrogens with zero attached hydrogens (tertiary/aromatic N) is 2. The fourth-order valence-electron chi connectivity index (χ4n) is 3.55. The number of alkyl carbamates (subject to hydrolysis) is 1. The second-order valence-electron chi connectivity index (χ2n) is 10.2. The molecule has 0 spiro atoms. The highest BCUT2D eigenvalue weighted by molar-refractivity contribution is 7.90. The molecule has 1 aromatic heterocycles. The SMILES string of the molecule is [2H]C([2H])(NC(=O)OC(C)(C)C)C(=O)N[C@@H](Cc1cn(S(=O)(=O)c2ccc(OC)cc2)cn1)C(=O)NCC(=O)OCc1ccccc1. The highest BCUT2D eigenvalue weighted by Crippen LogP contribution is 2.18. The van der Waals surface area contributed by atoms with Gasteiger partial charge in [0.25, 0.3) is 10.0 Å². The number of carbonyl (C=O) groups excluding carboxylic acids is 4. The molecule has 44 heavy (non-hydrogen) atoms. The first-order chi connectivity index (χ1) is 21.5. The van der Waals surface area contributed by atoms with Crippen molar-refractivity contribution in [3.63, 3.8) is 0 Å². The van der Waals surface area contributed by atoms with Gasteiger partial charge in [-0.05, 0) is 50.6 Å². The van der Waals surface area contributed by atoms with Gasteiger partial charge in [-0.1, -0.05) is 30.3 Å². The standard InChI is InChI=1S/C29H35N5O9S/c1-29(2,3)43-28(38)31-15-25(35)33-24(27(37)30-16-26(36)42-18-20-8-6-5-7-9-20)14-21-17-34(19-32-21)44(39,40)23-12-10-22(41-4)11-13-23/h5-13,17,19,24H,14-16,18H2,1-4H3,(H,30,37)(H,31,38)(H,33,35)/t24-/m0/s1/i15D2. The molecule has 236 valence electrons. The van der Waals surface area contributed by atoms with Crippen LogP contribution in [0.5, 0.6) is 5.75 Å². The van der Waals surface area contributed by atoms with Gasteiger partial charge in [0.15, 0.2) is 0 Å². The van der Waals surface area contributed by atoms with E-state index in [0.29, 0.717) is 11.3 Å². The molecule has 2 aromatic carbocycles. The fourth-order valence-corrected chi connectivity index (χ4v) is 4.70. The van der Waals surface area contributed by atoms with E-state index in [1.807, 2.05) is 0 Å². The Labute approximate surface area is 258 Å². The molecule has 15 heteroatoms. The summed E-state index contributed by atoms with van der Waals surface area (Å²) in [6.07, 6.45) is 0.464. The third-order valence-electron chi connectivity index (χ3n) is 5.61. The largest absolute Gasteiger partial charge is 0.497 e. The summed E-state index contributed by atoms with van der Waals surface area (Å²) in [6.45, 7) is 0.949. The lowest BCUT2D eigenvalue weighted by atomic mass is 10.1. The van der Waals surface area contributed by atoms with Crippen LogP contribution in [0, 0.1) is 0 Å². The number of imidazole rings is 1. The first-order valence-corrected chi connectivity index (χ1v) is 14.7. The zero-order valence-electron chi connectivity index (χ0n) is 26.5. The number of ether oxygens (including phenoxy) is 3. The maximum absolute atomic E-state index is 13.2. The summed E-state index contributed by atoms with van der Waals surface area (Å²) in [4.78, 5) is 54.4. The molecule has 0 unspecified atom stereocenters. The minimum Gasteiger partial charge on any atom is -0.497 e. The summed E-state index contributed by atoms with van der Waals surface area (Å²) in [6, 6.07) is 12.8. The predicted octanol–water partition coefficient (Wildman–Crippen LogP) is 1.54. The Morgan fingerprint density at radius 1 is 1.02 bits per heavy atom. The first-order valence-electron chi connectivity index (χ1n) is 14.2. The molecule has 3 N–H and O–H groups in total. The Morgan fingerprint density at radius 3 is 2.34 bits per heavy atom. The van der Waals surface area contributed by atoms with Crippen LogP contribution in [-0.4, -0.2) is 73.0 Å². The number of methoxy groups -OCH3 is 1. The highest BCUT2D eigenvalue weighted by Gasteiger charge is 2.25. The van der Waals surface area contributed by atoms with Gasteiger partial charge in [-0.3, -0.25) is 14.4 Å². The van der Waals surface area contributed by atoms with E-state index in [1.54, 1.807) is 56.4 Å². The number of nitrogens with one attached hydrogen (secondary N) is 3. The minimum absolute atomic E-state index is 0.0184. The van der Waals surface area contributed by atoms with Crippen LogP contribution in [-0.2, 0) is 46.9 Å². The van der Waals surface area contributed by atoms with Crippen LogP contribution < -0.4 is 20.7 Å². The van der Waals surface area contributed by atoms with Crippen molar-refractivity contribution in [1.82, 2.24) is 24.9 Å². The van der Waals surface area contributed by atoms with Gasteiger partial charge in [-0.2, -0.15) is 0 Å². The topological polar surface area (TPSA) is 184 Å². The molecule has 0 saturated heterocycles. The van der Waals surface area contributed by atoms with Gasteiger partial charge in [0.1, 0.15) is 43.4 Å². The van der Waals surface area contributed by atoms with Crippen molar-refractivity contribution in [3.05, 3.63) is 78.4 Å². The molecule has 0 aliphatic rings. The molecule has 0 radical (unpaired) electrons. The van der Waals surface area contributed by atoms with Crippen molar-refractivity contribution >= 4 is 33.9 Å². The maximum atomic E-state index is 13.2. The molecular formula is C29H35N5O9S. The molecule has 3 amide bonds. The van der Waals surface area contributed by atoms with E-state index in [2.05, 4.69) is 15.6 Å². The van der Waals surface area contributed by atoms with E-state index in [9.17, 15) is 27.6 Å². The van der Waals surface area contributed by atoms with E-state index in [-0.39, 0.29) is 17.2 Å². The number of esters is 1. The van der Waals surface area contributed by atoms with E-state index in [1.165, 1.54) is 31.4 Å². The van der Waals surface area contributed by atoms with Crippen LogP contribution in [0.3, 0.4) is 0 Å². The number of benzene rings is 2. The van der Waals surface area contributed by atoms with Gasteiger partial charge in [0, 0.05) is 12.6 Å². The monoisotopic (exact) mass is 631 g/mol. The number of hydrogen-bond acceptors (Lipinski definition) is 10. The average Bonchev–Trinajstić information content (AvgIpc) is 3.47. The number of aromatic nitrogens is 2. The second kappa shape index (κ2) is 15.0. The molecule has 1 heterocycles. The lowest BCUT2D eigenvalue weighted by Gasteiger charge is -2.20. The third-order valence-corrected chi connectivity index (χ3v) is 7.23. The smallest absolute Gasteiger partial charge is 0.408 e. The summed E-state index contributed by atoms with van der Waals surface area (Å²) >= 11 is 0. The third kappa shape index (κ3) is 10.4. The first kappa shape index (κ1) is 30.5. The Hall–Kier alpha value is -4.92. The van der Waals surface area contributed by atoms with E-state index >= 15 is 0 Å². The number of amides is 3. The Kier molecular flexibility index (Phi) is 10.4. The summed E-state index contributed by atoms with van der Waals surface area (Å²) < 4.78 is 58.3. The highest BCUT2D eigenvalue weighted by atomic mass is 32.2. The molecular weight excluding hydrogens is 594 g/mol. The van der Waals surface area contributed by atoms with Crippen LogP contribution in [0.1, 0.15) is 34.8 Å². The fraction of sp³-hybridized carbons (Fsp3) is 0.345. The van der Waals surface area contributed by atoms with Gasteiger partial charge in [0.2, 0.25) is 11.8 Å². The van der Waals surface area contributed by atoms with E-state index in [4.69, 9.17) is 17.0 Å². The summed E-state index contributed by atoms with van der Waals surface area (Å²) in [7, 11) is -2.66. The van der Waals surface area contributed by atoms with Crippen molar-refractivity contribution in [2.75, 3.05) is 20.2 Å². The molecule has 3 aromatic rings. The van der Waals surface area contributed by atoms with Crippen molar-refractivity contribution in [1.29, 1.82) is 0 Å². The van der Waals surface area contributed by atoms with Gasteiger partial charge >= 0.3 is 12.1 Å². The second-order valence-corrected chi connectivity index (χ2v) is 12.1. The predicted molar refractivity (Wildman–Crippen MR) is 157 cm³/mol. The minimum atomic E-state index is -4.10. The maximum Gasteiger partial charge on any atom is 0.408 e. The van der Waals surface area contributed by atoms with Gasteiger partial charge in [-0.15, -0.1) is 0 Å². The summed E-state index contributed by atoms with van der Waals surface area (Å²) in [5.41, 5.74) is -0.254. The van der Waals surface area contributed by atoms with Crippen LogP contribution >= 0.6 is 0 Å². The molecule has 1 atom stereocenters. The van der Waals surface area contributed by atoms with Crippen molar-refractivity contribution in [2.24, 2.45) is 0 Å². The van der Waals surface area contributed by atoms with Crippen LogP contribution in [0.2, 0.25) is 0 Å². The molecule has 0 fully saturated rings. The van der Waals surface area contributed by atoms with Crippen LogP contribution in [0.4, 0.5) is 4.79 Å².